The number of hydrogen-bond acceptors (Lipinski definition) is 9. The molecule has 186 valence electrons. The Morgan fingerprint density at radius 2 is 1.42 bits per heavy atom. The zero-order valence-electron chi connectivity index (χ0n) is 19.7. The first-order chi connectivity index (χ1) is 17.3. The minimum Gasteiger partial charge on any atom is -0.491 e. The summed E-state index contributed by atoms with van der Waals surface area (Å²) >= 11 is 1.45. The predicted molar refractivity (Wildman–Crippen MR) is 134 cm³/mol. The molecule has 0 aliphatic carbocycles. The summed E-state index contributed by atoms with van der Waals surface area (Å²) in [5.74, 6) is -0.856. The van der Waals surface area contributed by atoms with Crippen LogP contribution in [0.5, 0.6) is 5.75 Å². The minimum absolute atomic E-state index is 0.00974. The Labute approximate surface area is 212 Å². The van der Waals surface area contributed by atoms with Crippen molar-refractivity contribution in [2.75, 3.05) is 13.2 Å². The molecule has 36 heavy (non-hydrogen) atoms. The van der Waals surface area contributed by atoms with Gasteiger partial charge in [0.1, 0.15) is 30.8 Å². The van der Waals surface area contributed by atoms with Gasteiger partial charge in [0.15, 0.2) is 0 Å². The number of nitrogens with zero attached hydrogens (tertiary/aromatic N) is 1. The highest BCUT2D eigenvalue weighted by Crippen LogP contribution is 2.28. The molecule has 1 N–H and O–H groups in total. The number of carbonyl (C=O) groups is 3. The summed E-state index contributed by atoms with van der Waals surface area (Å²) in [6.07, 6.45) is -0.949. The lowest BCUT2D eigenvalue weighted by molar-refractivity contribution is -0.140. The third-order valence-electron chi connectivity index (χ3n) is 4.67. The van der Waals surface area contributed by atoms with Crippen molar-refractivity contribution in [2.45, 2.75) is 29.7 Å². The van der Waals surface area contributed by atoms with E-state index < -0.39 is 18.0 Å². The van der Waals surface area contributed by atoms with Crippen molar-refractivity contribution < 1.29 is 33.8 Å². The Bertz CT molecular complexity index is 1210. The van der Waals surface area contributed by atoms with Crippen LogP contribution in [0.15, 0.2) is 93.8 Å². The van der Waals surface area contributed by atoms with Gasteiger partial charge in [0, 0.05) is 22.3 Å². The highest BCUT2D eigenvalue weighted by Gasteiger charge is 2.13. The van der Waals surface area contributed by atoms with E-state index in [-0.39, 0.29) is 24.7 Å². The van der Waals surface area contributed by atoms with Gasteiger partial charge in [-0.2, -0.15) is 0 Å². The molecule has 9 heteroatoms. The molecule has 1 atom stereocenters. The van der Waals surface area contributed by atoms with Gasteiger partial charge in [0.05, 0.1) is 5.56 Å². The molecule has 0 amide bonds. The molecule has 0 radical (unpaired) electrons. The number of aliphatic hydroxyl groups is 1. The molecule has 0 aliphatic rings. The summed E-state index contributed by atoms with van der Waals surface area (Å²) in [4.78, 5) is 41.7. The first kappa shape index (κ1) is 26.7. The number of benzene rings is 3. The van der Waals surface area contributed by atoms with Crippen LogP contribution in [-0.4, -0.2) is 47.9 Å². The van der Waals surface area contributed by atoms with Gasteiger partial charge in [0.2, 0.25) is 5.78 Å². The van der Waals surface area contributed by atoms with E-state index in [0.717, 1.165) is 9.79 Å². The summed E-state index contributed by atoms with van der Waals surface area (Å²) in [5.41, 5.74) is 0.852. The molecule has 0 spiro atoms. The van der Waals surface area contributed by atoms with Gasteiger partial charge in [-0.3, -0.25) is 4.79 Å². The Morgan fingerprint density at radius 3 is 2.00 bits per heavy atom. The van der Waals surface area contributed by atoms with Crippen molar-refractivity contribution >= 4 is 35.2 Å². The van der Waals surface area contributed by atoms with E-state index in [1.807, 2.05) is 18.2 Å². The van der Waals surface area contributed by atoms with E-state index in [9.17, 15) is 19.5 Å². The number of para-hydroxylation sites is 1. The van der Waals surface area contributed by atoms with Crippen LogP contribution < -0.4 is 4.74 Å². The fourth-order valence-corrected chi connectivity index (χ4v) is 3.68. The molecule has 0 heterocycles. The van der Waals surface area contributed by atoms with Crippen molar-refractivity contribution in [3.8, 4) is 5.75 Å². The lowest BCUT2D eigenvalue weighted by atomic mass is 10.1. The summed E-state index contributed by atoms with van der Waals surface area (Å²) in [6, 6.07) is 22.8. The molecule has 8 nitrogen and oxygen atoms in total. The van der Waals surface area contributed by atoms with E-state index >= 15 is 0 Å². The number of aliphatic hydroxyl groups excluding tert-OH is 1. The second-order valence-corrected chi connectivity index (χ2v) is 8.76. The standard InChI is InChI=1S/C27H25NO7S/c1-18(28-35-19(2)29)26(31)20-8-12-24(13-9-20)36-25-14-10-21(11-15-25)27(32)34-17-22(30)16-33-23-6-4-3-5-7-23/h3-15,22,30H,16-17H2,1-2H3. The molecule has 0 bridgehead atoms. The summed E-state index contributed by atoms with van der Waals surface area (Å²) in [6.45, 7) is 2.50. The molecule has 0 aromatic heterocycles. The normalized spacial score (nSPS) is 11.9. The van der Waals surface area contributed by atoms with Gasteiger partial charge < -0.3 is 19.4 Å². The van der Waals surface area contributed by atoms with Gasteiger partial charge in [0.25, 0.3) is 0 Å². The first-order valence-electron chi connectivity index (χ1n) is 11.0. The van der Waals surface area contributed by atoms with Crippen molar-refractivity contribution in [2.24, 2.45) is 5.16 Å². The fraction of sp³-hybridized carbons (Fsp3) is 0.185. The Hall–Kier alpha value is -3.95. The van der Waals surface area contributed by atoms with Crippen LogP contribution in [0.2, 0.25) is 0 Å². The van der Waals surface area contributed by atoms with Gasteiger partial charge in [-0.1, -0.05) is 35.1 Å². The highest BCUT2D eigenvalue weighted by atomic mass is 32.2. The average molecular weight is 508 g/mol. The number of ether oxygens (including phenoxy) is 2. The highest BCUT2D eigenvalue weighted by molar-refractivity contribution is 7.99. The molecule has 3 aromatic carbocycles. The Balaban J connectivity index is 1.48. The fourth-order valence-electron chi connectivity index (χ4n) is 2.87. The average Bonchev–Trinajstić information content (AvgIpc) is 2.90. The molecule has 3 rings (SSSR count). The van der Waals surface area contributed by atoms with E-state index in [2.05, 4.69) is 9.99 Å². The summed E-state index contributed by atoms with van der Waals surface area (Å²) in [7, 11) is 0. The number of ketones is 1. The van der Waals surface area contributed by atoms with Gasteiger partial charge in [-0.25, -0.2) is 9.59 Å². The van der Waals surface area contributed by atoms with Crippen LogP contribution in [0, 0.1) is 0 Å². The maximum Gasteiger partial charge on any atom is 0.338 e. The van der Waals surface area contributed by atoms with E-state index in [0.29, 0.717) is 16.9 Å². The number of esters is 1. The molecule has 1 unspecified atom stereocenters. The first-order valence-corrected chi connectivity index (χ1v) is 11.8. The quantitative estimate of drug-likeness (QED) is 0.132. The second kappa shape index (κ2) is 13.2. The molecule has 0 saturated heterocycles. The zero-order valence-corrected chi connectivity index (χ0v) is 20.6. The second-order valence-electron chi connectivity index (χ2n) is 7.62. The topological polar surface area (TPSA) is 111 Å². The van der Waals surface area contributed by atoms with E-state index in [1.54, 1.807) is 60.7 Å². The van der Waals surface area contributed by atoms with Crippen molar-refractivity contribution in [3.05, 3.63) is 90.0 Å². The number of carbonyl (C=O) groups excluding carboxylic acids is 3. The van der Waals surface area contributed by atoms with Crippen LogP contribution in [0.25, 0.3) is 0 Å². The maximum atomic E-state index is 12.3. The Morgan fingerprint density at radius 1 is 0.833 bits per heavy atom. The molecule has 3 aromatic rings. The third-order valence-corrected chi connectivity index (χ3v) is 5.69. The van der Waals surface area contributed by atoms with Gasteiger partial charge in [-0.05, 0) is 67.6 Å². The van der Waals surface area contributed by atoms with Crippen LogP contribution in [0.1, 0.15) is 34.6 Å². The molecule has 0 saturated carbocycles. The van der Waals surface area contributed by atoms with Crippen molar-refractivity contribution in [1.82, 2.24) is 0 Å². The number of hydrogen-bond donors (Lipinski definition) is 1. The van der Waals surface area contributed by atoms with Crippen molar-refractivity contribution in [1.29, 1.82) is 0 Å². The lowest BCUT2D eigenvalue weighted by Gasteiger charge is -2.13. The summed E-state index contributed by atoms with van der Waals surface area (Å²) in [5, 5.41) is 13.5. The van der Waals surface area contributed by atoms with Crippen LogP contribution >= 0.6 is 11.8 Å². The number of oxime groups is 1. The number of rotatable bonds is 11. The van der Waals surface area contributed by atoms with E-state index in [1.165, 1.54) is 25.6 Å². The minimum atomic E-state index is -0.949. The Kier molecular flexibility index (Phi) is 9.79. The maximum absolute atomic E-state index is 12.3. The lowest BCUT2D eigenvalue weighted by Crippen LogP contribution is -2.25. The SMILES string of the molecule is CC(=O)ON=C(C)C(=O)c1ccc(Sc2ccc(C(=O)OCC(O)COc3ccccc3)cc2)cc1. The third kappa shape index (κ3) is 8.37. The largest absolute Gasteiger partial charge is 0.491 e. The van der Waals surface area contributed by atoms with Crippen molar-refractivity contribution in [3.63, 3.8) is 0 Å². The molecule has 0 aliphatic heterocycles. The smallest absolute Gasteiger partial charge is 0.338 e. The van der Waals surface area contributed by atoms with Gasteiger partial charge >= 0.3 is 11.9 Å². The van der Waals surface area contributed by atoms with Crippen LogP contribution in [0.3, 0.4) is 0 Å². The predicted octanol–water partition coefficient (Wildman–Crippen LogP) is 4.56. The summed E-state index contributed by atoms with van der Waals surface area (Å²) < 4.78 is 10.6. The van der Waals surface area contributed by atoms with E-state index in [4.69, 9.17) is 9.47 Å². The molecular weight excluding hydrogens is 482 g/mol. The van der Waals surface area contributed by atoms with Gasteiger partial charge in [-0.15, -0.1) is 0 Å². The van der Waals surface area contributed by atoms with Crippen LogP contribution in [0.4, 0.5) is 0 Å². The molecule has 0 fully saturated rings. The molecular formula is C27H25NO7S. The van der Waals surface area contributed by atoms with Crippen LogP contribution in [-0.2, 0) is 14.4 Å². The number of Topliss-reactive ketones (excluding diaryl/α,β-unsaturated/α-hetero) is 1. The zero-order chi connectivity index (χ0) is 25.9. The monoisotopic (exact) mass is 507 g/mol.